The Hall–Kier alpha value is -1.28. The molecule has 0 heterocycles. The van der Waals surface area contributed by atoms with Gasteiger partial charge in [-0.1, -0.05) is 18.2 Å². The number of rotatable bonds is 2. The highest BCUT2D eigenvalue weighted by atomic mass is 35.5. The van der Waals surface area contributed by atoms with Crippen molar-refractivity contribution in [2.24, 2.45) is 0 Å². The summed E-state index contributed by atoms with van der Waals surface area (Å²) in [6, 6.07) is 8.58. The number of hydrogen-bond acceptors (Lipinski definition) is 2. The lowest BCUT2D eigenvalue weighted by Crippen LogP contribution is -2.01. The molecule has 0 radical (unpaired) electrons. The van der Waals surface area contributed by atoms with E-state index in [1.54, 1.807) is 24.3 Å². The lowest BCUT2D eigenvalue weighted by Gasteiger charge is -1.99. The molecule has 62 valence electrons. The predicted molar refractivity (Wildman–Crippen MR) is 46.9 cm³/mol. The fourth-order valence-corrected chi connectivity index (χ4v) is 0.804. The van der Waals surface area contributed by atoms with Crippen molar-refractivity contribution in [2.75, 3.05) is 0 Å². The Morgan fingerprint density at radius 3 is 2.42 bits per heavy atom. The fourth-order valence-electron chi connectivity index (χ4n) is 0.734. The Labute approximate surface area is 75.4 Å². The lowest BCUT2D eigenvalue weighted by atomic mass is 10.2. The zero-order chi connectivity index (χ0) is 8.97. The molecule has 0 amide bonds. The van der Waals surface area contributed by atoms with Crippen molar-refractivity contribution in [3.05, 3.63) is 47.7 Å². The van der Waals surface area contributed by atoms with Crippen LogP contribution in [0.3, 0.4) is 0 Å². The van der Waals surface area contributed by atoms with E-state index in [0.29, 0.717) is 5.56 Å². The van der Waals surface area contributed by atoms with Crippen molar-refractivity contribution < 1.29 is 9.53 Å². The fraction of sp³-hybridized carbons (Fsp3) is 0. The van der Waals surface area contributed by atoms with Gasteiger partial charge in [0.25, 0.3) is 0 Å². The van der Waals surface area contributed by atoms with E-state index in [1.807, 2.05) is 6.07 Å². The van der Waals surface area contributed by atoms with Gasteiger partial charge in [0.05, 0.1) is 5.56 Å². The van der Waals surface area contributed by atoms with Gasteiger partial charge < -0.3 is 4.74 Å². The van der Waals surface area contributed by atoms with Crippen molar-refractivity contribution in [3.63, 3.8) is 0 Å². The SMILES string of the molecule is C=C(Cl)OC(=O)c1ccccc1. The molecule has 0 atom stereocenters. The topological polar surface area (TPSA) is 26.3 Å². The number of hydrogen-bond donors (Lipinski definition) is 0. The van der Waals surface area contributed by atoms with Crippen LogP contribution in [-0.2, 0) is 4.74 Å². The third-order valence-electron chi connectivity index (χ3n) is 1.21. The number of benzene rings is 1. The van der Waals surface area contributed by atoms with Crippen LogP contribution >= 0.6 is 11.6 Å². The molecule has 0 aromatic heterocycles. The minimum Gasteiger partial charge on any atom is -0.411 e. The Balaban J connectivity index is 2.73. The van der Waals surface area contributed by atoms with E-state index in [4.69, 9.17) is 11.6 Å². The van der Waals surface area contributed by atoms with Crippen LogP contribution in [0.25, 0.3) is 0 Å². The van der Waals surface area contributed by atoms with Crippen LogP contribution in [0.4, 0.5) is 0 Å². The van der Waals surface area contributed by atoms with Gasteiger partial charge in [-0.25, -0.2) is 4.79 Å². The maximum Gasteiger partial charge on any atom is 0.344 e. The maximum atomic E-state index is 11.1. The quantitative estimate of drug-likeness (QED) is 0.519. The first-order chi connectivity index (χ1) is 5.70. The standard InChI is InChI=1S/C9H7ClO2/c1-7(10)12-9(11)8-5-3-2-4-6-8/h2-6H,1H2. The monoisotopic (exact) mass is 182 g/mol. The van der Waals surface area contributed by atoms with E-state index in [9.17, 15) is 4.79 Å². The van der Waals surface area contributed by atoms with Gasteiger partial charge in [0.2, 0.25) is 0 Å². The Kier molecular flexibility index (Phi) is 2.88. The smallest absolute Gasteiger partial charge is 0.344 e. The lowest BCUT2D eigenvalue weighted by molar-refractivity contribution is 0.0650. The molecule has 0 bridgehead atoms. The van der Waals surface area contributed by atoms with Crippen molar-refractivity contribution in [3.8, 4) is 0 Å². The highest BCUT2D eigenvalue weighted by Gasteiger charge is 2.05. The zero-order valence-corrected chi connectivity index (χ0v) is 7.04. The van der Waals surface area contributed by atoms with Crippen molar-refractivity contribution in [2.45, 2.75) is 0 Å². The number of halogens is 1. The number of esters is 1. The van der Waals surface area contributed by atoms with Crippen LogP contribution in [0.2, 0.25) is 0 Å². The zero-order valence-electron chi connectivity index (χ0n) is 6.29. The summed E-state index contributed by atoms with van der Waals surface area (Å²) in [5.74, 6) is -0.490. The molecular formula is C9H7ClO2. The average molecular weight is 183 g/mol. The first-order valence-corrected chi connectivity index (χ1v) is 3.69. The van der Waals surface area contributed by atoms with Gasteiger partial charge in [-0.15, -0.1) is 0 Å². The molecule has 0 spiro atoms. The second-order valence-corrected chi connectivity index (χ2v) is 2.53. The second kappa shape index (κ2) is 3.93. The molecule has 12 heavy (non-hydrogen) atoms. The largest absolute Gasteiger partial charge is 0.411 e. The summed E-state index contributed by atoms with van der Waals surface area (Å²) in [6.45, 7) is 3.24. The van der Waals surface area contributed by atoms with Gasteiger partial charge in [0.15, 0.2) is 5.22 Å². The molecular weight excluding hydrogens is 176 g/mol. The first kappa shape index (κ1) is 8.81. The normalized spacial score (nSPS) is 9.08. The van der Waals surface area contributed by atoms with E-state index in [2.05, 4.69) is 11.3 Å². The first-order valence-electron chi connectivity index (χ1n) is 3.32. The van der Waals surface area contributed by atoms with E-state index in [1.165, 1.54) is 0 Å². The molecule has 3 heteroatoms. The van der Waals surface area contributed by atoms with E-state index in [-0.39, 0.29) is 5.22 Å². The van der Waals surface area contributed by atoms with Gasteiger partial charge in [0, 0.05) is 0 Å². The second-order valence-electron chi connectivity index (χ2n) is 2.11. The molecule has 0 saturated carbocycles. The van der Waals surface area contributed by atoms with Gasteiger partial charge in [-0.3, -0.25) is 0 Å². The molecule has 0 N–H and O–H groups in total. The highest BCUT2D eigenvalue weighted by Crippen LogP contribution is 2.06. The minimum atomic E-state index is -0.490. The Bertz CT molecular complexity index is 293. The predicted octanol–water partition coefficient (Wildman–Crippen LogP) is 2.55. The number of carbonyl (C=O) groups excluding carboxylic acids is 1. The Morgan fingerprint density at radius 1 is 1.33 bits per heavy atom. The summed E-state index contributed by atoms with van der Waals surface area (Å²) >= 11 is 5.29. The van der Waals surface area contributed by atoms with Crippen LogP contribution in [0, 0.1) is 0 Å². The summed E-state index contributed by atoms with van der Waals surface area (Å²) in [6.07, 6.45) is 0. The maximum absolute atomic E-state index is 11.1. The highest BCUT2D eigenvalue weighted by molar-refractivity contribution is 6.28. The van der Waals surface area contributed by atoms with Gasteiger partial charge in [-0.2, -0.15) is 0 Å². The summed E-state index contributed by atoms with van der Waals surface area (Å²) < 4.78 is 4.57. The van der Waals surface area contributed by atoms with Crippen LogP contribution in [0.5, 0.6) is 0 Å². The number of carbonyl (C=O) groups is 1. The molecule has 1 aromatic rings. The summed E-state index contributed by atoms with van der Waals surface area (Å²) in [7, 11) is 0. The van der Waals surface area contributed by atoms with E-state index in [0.717, 1.165) is 0 Å². The molecule has 0 saturated heterocycles. The molecule has 0 unspecified atom stereocenters. The number of ether oxygens (including phenoxy) is 1. The summed E-state index contributed by atoms with van der Waals surface area (Å²) in [5, 5.41) is -0.121. The summed E-state index contributed by atoms with van der Waals surface area (Å²) in [4.78, 5) is 11.1. The third-order valence-corrected chi connectivity index (χ3v) is 1.29. The minimum absolute atomic E-state index is 0.121. The molecule has 2 nitrogen and oxygen atoms in total. The van der Waals surface area contributed by atoms with Crippen molar-refractivity contribution in [1.29, 1.82) is 0 Å². The average Bonchev–Trinajstić information content (AvgIpc) is 2.05. The van der Waals surface area contributed by atoms with Crippen LogP contribution in [0.1, 0.15) is 10.4 Å². The van der Waals surface area contributed by atoms with Crippen molar-refractivity contribution >= 4 is 17.6 Å². The van der Waals surface area contributed by atoms with Gasteiger partial charge in [-0.05, 0) is 30.3 Å². The Morgan fingerprint density at radius 2 is 1.92 bits per heavy atom. The van der Waals surface area contributed by atoms with Crippen LogP contribution < -0.4 is 0 Å². The van der Waals surface area contributed by atoms with Crippen molar-refractivity contribution in [1.82, 2.24) is 0 Å². The van der Waals surface area contributed by atoms with Crippen LogP contribution in [-0.4, -0.2) is 5.97 Å². The van der Waals surface area contributed by atoms with Crippen LogP contribution in [0.15, 0.2) is 42.1 Å². The summed E-state index contributed by atoms with van der Waals surface area (Å²) in [5.41, 5.74) is 0.458. The van der Waals surface area contributed by atoms with Gasteiger partial charge >= 0.3 is 5.97 Å². The molecule has 1 rings (SSSR count). The molecule has 0 fully saturated rings. The van der Waals surface area contributed by atoms with E-state index >= 15 is 0 Å². The molecule has 0 aliphatic carbocycles. The molecule has 0 aliphatic heterocycles. The third kappa shape index (κ3) is 2.40. The molecule has 1 aromatic carbocycles. The van der Waals surface area contributed by atoms with E-state index < -0.39 is 5.97 Å². The van der Waals surface area contributed by atoms with Gasteiger partial charge in [0.1, 0.15) is 0 Å². The molecule has 0 aliphatic rings.